The van der Waals surface area contributed by atoms with E-state index in [-0.39, 0.29) is 17.8 Å². The molecule has 0 bridgehead atoms. The lowest BCUT2D eigenvalue weighted by Gasteiger charge is -2.07. The van der Waals surface area contributed by atoms with Crippen LogP contribution in [-0.4, -0.2) is 20.6 Å². The number of fused-ring (bicyclic) bond motifs is 1. The van der Waals surface area contributed by atoms with Gasteiger partial charge in [0.1, 0.15) is 0 Å². The van der Waals surface area contributed by atoms with Crippen molar-refractivity contribution >= 4 is 28.6 Å². The minimum atomic E-state index is -1.08. The Balaban J connectivity index is 2.23. The molecule has 0 spiro atoms. The SMILES string of the molecule is O=C(O)c1cccc2[nH]c(=O)n(Cc3ccccc3Cl)c12. The Morgan fingerprint density at radius 1 is 1.19 bits per heavy atom. The molecule has 0 saturated carbocycles. The van der Waals surface area contributed by atoms with E-state index in [9.17, 15) is 14.7 Å². The zero-order valence-corrected chi connectivity index (χ0v) is 11.6. The molecule has 0 aliphatic carbocycles. The summed E-state index contributed by atoms with van der Waals surface area (Å²) in [4.78, 5) is 26.1. The first-order chi connectivity index (χ1) is 10.1. The number of aromatic amines is 1. The van der Waals surface area contributed by atoms with Crippen LogP contribution in [0.2, 0.25) is 5.02 Å². The number of nitrogens with zero attached hydrogens (tertiary/aromatic N) is 1. The fourth-order valence-electron chi connectivity index (χ4n) is 2.34. The molecule has 21 heavy (non-hydrogen) atoms. The van der Waals surface area contributed by atoms with E-state index < -0.39 is 5.97 Å². The van der Waals surface area contributed by atoms with E-state index in [4.69, 9.17) is 11.6 Å². The molecule has 2 aromatic carbocycles. The number of aromatic carboxylic acids is 1. The first kappa shape index (κ1) is 13.5. The first-order valence-corrected chi connectivity index (χ1v) is 6.64. The molecule has 3 aromatic rings. The Hall–Kier alpha value is -2.53. The van der Waals surface area contributed by atoms with Crippen LogP contribution >= 0.6 is 11.6 Å². The molecule has 3 rings (SSSR count). The smallest absolute Gasteiger partial charge is 0.337 e. The average molecular weight is 303 g/mol. The molecule has 0 saturated heterocycles. The number of carboxylic acid groups (broad SMARTS) is 1. The second-order valence-corrected chi connectivity index (χ2v) is 5.02. The van der Waals surface area contributed by atoms with Crippen molar-refractivity contribution in [3.63, 3.8) is 0 Å². The molecule has 0 aliphatic rings. The van der Waals surface area contributed by atoms with E-state index in [1.807, 2.05) is 6.07 Å². The third-order valence-electron chi connectivity index (χ3n) is 3.31. The molecular weight excluding hydrogens is 292 g/mol. The van der Waals surface area contributed by atoms with Crippen LogP contribution in [0.1, 0.15) is 15.9 Å². The summed E-state index contributed by atoms with van der Waals surface area (Å²) >= 11 is 6.11. The standard InChI is InChI=1S/C15H11ClN2O3/c16-11-6-2-1-4-9(11)8-18-13-10(14(19)20)5-3-7-12(13)17-15(18)21/h1-7H,8H2,(H,17,21)(H,19,20). The van der Waals surface area contributed by atoms with Crippen LogP contribution in [0.15, 0.2) is 47.3 Å². The van der Waals surface area contributed by atoms with Gasteiger partial charge in [0.15, 0.2) is 0 Å². The van der Waals surface area contributed by atoms with Gasteiger partial charge in [0.05, 0.1) is 23.1 Å². The third-order valence-corrected chi connectivity index (χ3v) is 3.68. The lowest BCUT2D eigenvalue weighted by atomic mass is 10.1. The summed E-state index contributed by atoms with van der Waals surface area (Å²) in [5.74, 6) is -1.08. The van der Waals surface area contributed by atoms with E-state index in [1.54, 1.807) is 30.3 Å². The zero-order valence-electron chi connectivity index (χ0n) is 10.8. The van der Waals surface area contributed by atoms with Crippen molar-refractivity contribution in [2.24, 2.45) is 0 Å². The molecule has 0 radical (unpaired) electrons. The molecule has 5 nitrogen and oxygen atoms in total. The average Bonchev–Trinajstić information content (AvgIpc) is 2.77. The van der Waals surface area contributed by atoms with Gasteiger partial charge < -0.3 is 10.1 Å². The van der Waals surface area contributed by atoms with Gasteiger partial charge in [-0.2, -0.15) is 0 Å². The van der Waals surface area contributed by atoms with Gasteiger partial charge in [-0.25, -0.2) is 9.59 Å². The van der Waals surface area contributed by atoms with Crippen molar-refractivity contribution in [2.75, 3.05) is 0 Å². The summed E-state index contributed by atoms with van der Waals surface area (Å²) in [5.41, 5.74) is 1.33. The van der Waals surface area contributed by atoms with Crippen LogP contribution in [0.25, 0.3) is 11.0 Å². The second kappa shape index (κ2) is 5.10. The summed E-state index contributed by atoms with van der Waals surface area (Å²) in [6, 6.07) is 11.9. The number of imidazole rings is 1. The lowest BCUT2D eigenvalue weighted by Crippen LogP contribution is -2.18. The molecule has 1 aromatic heterocycles. The summed E-state index contributed by atoms with van der Waals surface area (Å²) in [6.45, 7) is 0.211. The summed E-state index contributed by atoms with van der Waals surface area (Å²) < 4.78 is 1.39. The van der Waals surface area contributed by atoms with E-state index in [0.717, 1.165) is 5.56 Å². The van der Waals surface area contributed by atoms with Crippen LogP contribution in [0.4, 0.5) is 0 Å². The maximum absolute atomic E-state index is 12.1. The lowest BCUT2D eigenvalue weighted by molar-refractivity contribution is 0.0698. The molecular formula is C15H11ClN2O3. The van der Waals surface area contributed by atoms with E-state index >= 15 is 0 Å². The molecule has 6 heteroatoms. The summed E-state index contributed by atoms with van der Waals surface area (Å²) in [6.07, 6.45) is 0. The van der Waals surface area contributed by atoms with Crippen molar-refractivity contribution in [3.05, 3.63) is 69.1 Å². The van der Waals surface area contributed by atoms with Crippen molar-refractivity contribution in [2.45, 2.75) is 6.54 Å². The van der Waals surface area contributed by atoms with E-state index in [1.165, 1.54) is 10.6 Å². The highest BCUT2D eigenvalue weighted by Crippen LogP contribution is 2.20. The van der Waals surface area contributed by atoms with Crippen LogP contribution in [0.3, 0.4) is 0 Å². The molecule has 0 aliphatic heterocycles. The fraction of sp³-hybridized carbons (Fsp3) is 0.0667. The Morgan fingerprint density at radius 2 is 1.95 bits per heavy atom. The van der Waals surface area contributed by atoms with Crippen molar-refractivity contribution in [1.82, 2.24) is 9.55 Å². The predicted octanol–water partition coefficient (Wildman–Crippen LogP) is 2.73. The number of benzene rings is 2. The van der Waals surface area contributed by atoms with Gasteiger partial charge in [-0.15, -0.1) is 0 Å². The summed E-state index contributed by atoms with van der Waals surface area (Å²) in [5, 5.41) is 9.82. The predicted molar refractivity (Wildman–Crippen MR) is 80.1 cm³/mol. The number of halogens is 1. The second-order valence-electron chi connectivity index (χ2n) is 4.61. The van der Waals surface area contributed by atoms with Gasteiger partial charge in [0, 0.05) is 5.02 Å². The third kappa shape index (κ3) is 2.32. The van der Waals surface area contributed by atoms with Gasteiger partial charge in [0.2, 0.25) is 0 Å². The van der Waals surface area contributed by atoms with Gasteiger partial charge in [0.25, 0.3) is 0 Å². The largest absolute Gasteiger partial charge is 0.478 e. The van der Waals surface area contributed by atoms with Crippen molar-refractivity contribution < 1.29 is 9.90 Å². The van der Waals surface area contributed by atoms with Gasteiger partial charge in [-0.05, 0) is 23.8 Å². The maximum atomic E-state index is 12.1. The molecule has 0 fully saturated rings. The molecule has 0 amide bonds. The monoisotopic (exact) mass is 302 g/mol. The number of carbonyl (C=O) groups is 1. The number of para-hydroxylation sites is 1. The van der Waals surface area contributed by atoms with Crippen LogP contribution in [0, 0.1) is 0 Å². The quantitative estimate of drug-likeness (QED) is 0.781. The first-order valence-electron chi connectivity index (χ1n) is 6.26. The number of nitrogens with one attached hydrogen (secondary N) is 1. The number of aromatic nitrogens is 2. The number of hydrogen-bond donors (Lipinski definition) is 2. The van der Waals surface area contributed by atoms with E-state index in [2.05, 4.69) is 4.98 Å². The maximum Gasteiger partial charge on any atom is 0.337 e. The highest BCUT2D eigenvalue weighted by molar-refractivity contribution is 6.31. The number of H-pyrrole nitrogens is 1. The number of hydrogen-bond acceptors (Lipinski definition) is 2. The van der Waals surface area contributed by atoms with Crippen molar-refractivity contribution in [3.8, 4) is 0 Å². The van der Waals surface area contributed by atoms with Crippen LogP contribution in [-0.2, 0) is 6.54 Å². The number of carboxylic acids is 1. The van der Waals surface area contributed by atoms with Crippen LogP contribution < -0.4 is 5.69 Å². The zero-order chi connectivity index (χ0) is 15.0. The fourth-order valence-corrected chi connectivity index (χ4v) is 2.54. The van der Waals surface area contributed by atoms with E-state index in [0.29, 0.717) is 16.1 Å². The topological polar surface area (TPSA) is 75.1 Å². The highest BCUT2D eigenvalue weighted by atomic mass is 35.5. The van der Waals surface area contributed by atoms with Crippen LogP contribution in [0.5, 0.6) is 0 Å². The Bertz CT molecular complexity index is 895. The summed E-state index contributed by atoms with van der Waals surface area (Å²) in [7, 11) is 0. The molecule has 2 N–H and O–H groups in total. The molecule has 0 atom stereocenters. The Labute approximate surface area is 124 Å². The minimum Gasteiger partial charge on any atom is -0.478 e. The van der Waals surface area contributed by atoms with Crippen molar-refractivity contribution in [1.29, 1.82) is 0 Å². The molecule has 1 heterocycles. The molecule has 0 unspecified atom stereocenters. The highest BCUT2D eigenvalue weighted by Gasteiger charge is 2.16. The van der Waals surface area contributed by atoms with Gasteiger partial charge in [-0.3, -0.25) is 4.57 Å². The minimum absolute atomic E-state index is 0.0814. The normalized spacial score (nSPS) is 10.9. The van der Waals surface area contributed by atoms with Gasteiger partial charge in [-0.1, -0.05) is 35.9 Å². The Morgan fingerprint density at radius 3 is 2.67 bits per heavy atom. The van der Waals surface area contributed by atoms with Gasteiger partial charge >= 0.3 is 11.7 Å². The Kier molecular flexibility index (Phi) is 3.27. The molecule has 106 valence electrons. The number of rotatable bonds is 3.